The molecule has 1 aromatic heterocycles. The Balaban J connectivity index is 1.46. The number of rotatable bonds is 6. The van der Waals surface area contributed by atoms with Crippen LogP contribution in [0, 0.1) is 0 Å². The second-order valence-corrected chi connectivity index (χ2v) is 5.52. The fraction of sp³-hybridized carbons (Fsp3) is 0.643. The van der Waals surface area contributed by atoms with Gasteiger partial charge in [0.25, 0.3) is 0 Å². The molecular weight excluding hydrogens is 242 g/mol. The van der Waals surface area contributed by atoms with Crippen LogP contribution in [0.2, 0.25) is 0 Å². The van der Waals surface area contributed by atoms with Gasteiger partial charge in [-0.3, -0.25) is 0 Å². The first kappa shape index (κ1) is 12.8. The van der Waals surface area contributed by atoms with Gasteiger partial charge in [0.1, 0.15) is 6.61 Å². The molecule has 1 unspecified atom stereocenters. The Morgan fingerprint density at radius 2 is 2.37 bits per heavy atom. The summed E-state index contributed by atoms with van der Waals surface area (Å²) in [6, 6.07) is 6.22. The quantitative estimate of drug-likeness (QED) is 0.786. The average Bonchev–Trinajstić information content (AvgIpc) is 2.39. The molecule has 3 rings (SSSR count). The van der Waals surface area contributed by atoms with Crippen molar-refractivity contribution in [1.82, 2.24) is 15.6 Å². The molecule has 0 aliphatic carbocycles. The van der Waals surface area contributed by atoms with E-state index in [-0.39, 0.29) is 11.6 Å². The first-order valence-electron chi connectivity index (χ1n) is 6.90. The summed E-state index contributed by atoms with van der Waals surface area (Å²) in [6.45, 7) is 5.53. The van der Waals surface area contributed by atoms with E-state index in [2.05, 4.69) is 22.5 Å². The van der Waals surface area contributed by atoms with E-state index in [1.807, 2.05) is 18.2 Å². The first-order chi connectivity index (χ1) is 9.26. The SMILES string of the molecule is C[C@@]1(COc2ccccn2)NCC1OC[C@@H]1CCN1. The monoisotopic (exact) mass is 263 g/mol. The third kappa shape index (κ3) is 2.88. The second kappa shape index (κ2) is 5.45. The van der Waals surface area contributed by atoms with Gasteiger partial charge in [0.2, 0.25) is 5.88 Å². The molecule has 0 spiro atoms. The lowest BCUT2D eigenvalue weighted by Gasteiger charge is -2.48. The maximum absolute atomic E-state index is 5.96. The fourth-order valence-electron chi connectivity index (χ4n) is 2.30. The highest BCUT2D eigenvalue weighted by atomic mass is 16.5. The molecule has 2 N–H and O–H groups in total. The molecular formula is C14H21N3O2. The van der Waals surface area contributed by atoms with Gasteiger partial charge in [-0.1, -0.05) is 6.07 Å². The summed E-state index contributed by atoms with van der Waals surface area (Å²) in [6.07, 6.45) is 3.18. The van der Waals surface area contributed by atoms with E-state index < -0.39 is 0 Å². The van der Waals surface area contributed by atoms with Gasteiger partial charge in [-0.2, -0.15) is 0 Å². The van der Waals surface area contributed by atoms with E-state index in [9.17, 15) is 0 Å². The molecule has 0 radical (unpaired) electrons. The van der Waals surface area contributed by atoms with Gasteiger partial charge in [-0.15, -0.1) is 0 Å². The molecule has 19 heavy (non-hydrogen) atoms. The third-order valence-corrected chi connectivity index (χ3v) is 3.98. The number of hydrogen-bond acceptors (Lipinski definition) is 5. The highest BCUT2D eigenvalue weighted by molar-refractivity contribution is 5.11. The Morgan fingerprint density at radius 3 is 2.95 bits per heavy atom. The maximum atomic E-state index is 5.96. The summed E-state index contributed by atoms with van der Waals surface area (Å²) in [7, 11) is 0. The van der Waals surface area contributed by atoms with Gasteiger partial charge in [0.05, 0.1) is 18.2 Å². The number of aromatic nitrogens is 1. The van der Waals surface area contributed by atoms with Crippen molar-refractivity contribution in [2.45, 2.75) is 31.0 Å². The third-order valence-electron chi connectivity index (χ3n) is 3.98. The zero-order valence-corrected chi connectivity index (χ0v) is 11.3. The molecule has 104 valence electrons. The minimum absolute atomic E-state index is 0.110. The summed E-state index contributed by atoms with van der Waals surface area (Å²) in [5.74, 6) is 0.664. The van der Waals surface area contributed by atoms with E-state index in [0.29, 0.717) is 18.5 Å². The molecule has 0 saturated carbocycles. The number of nitrogens with one attached hydrogen (secondary N) is 2. The Morgan fingerprint density at radius 1 is 1.47 bits per heavy atom. The van der Waals surface area contributed by atoms with E-state index >= 15 is 0 Å². The van der Waals surface area contributed by atoms with Crippen LogP contribution in [-0.2, 0) is 4.74 Å². The molecule has 1 aromatic rings. The summed E-state index contributed by atoms with van der Waals surface area (Å²) in [5, 5.41) is 6.75. The topological polar surface area (TPSA) is 55.4 Å². The van der Waals surface area contributed by atoms with Gasteiger partial charge < -0.3 is 20.1 Å². The summed E-state index contributed by atoms with van der Waals surface area (Å²) >= 11 is 0. The standard InChI is InChI=1S/C14H21N3O2/c1-14(10-19-13-4-2-3-6-16-13)12(8-17-14)18-9-11-5-7-15-11/h2-4,6,11-12,15,17H,5,7-10H2,1H3/t11-,12?,14-/m0/s1. The Kier molecular flexibility index (Phi) is 3.68. The molecule has 0 aromatic carbocycles. The minimum atomic E-state index is -0.110. The normalized spacial score (nSPS) is 33.3. The first-order valence-corrected chi connectivity index (χ1v) is 6.90. The summed E-state index contributed by atoms with van der Waals surface area (Å²) < 4.78 is 11.7. The molecule has 0 amide bonds. The maximum Gasteiger partial charge on any atom is 0.213 e. The van der Waals surface area contributed by atoms with Crippen LogP contribution < -0.4 is 15.4 Å². The molecule has 2 aliphatic rings. The molecule has 2 aliphatic heterocycles. The largest absolute Gasteiger partial charge is 0.476 e. The average molecular weight is 263 g/mol. The zero-order valence-electron chi connectivity index (χ0n) is 11.3. The van der Waals surface area contributed by atoms with Crippen molar-refractivity contribution < 1.29 is 9.47 Å². The molecule has 3 atom stereocenters. The van der Waals surface area contributed by atoms with Crippen molar-refractivity contribution in [2.75, 3.05) is 26.3 Å². The lowest BCUT2D eigenvalue weighted by atomic mass is 9.87. The van der Waals surface area contributed by atoms with Crippen LogP contribution in [0.3, 0.4) is 0 Å². The van der Waals surface area contributed by atoms with E-state index in [0.717, 1.165) is 19.7 Å². The molecule has 2 saturated heterocycles. The van der Waals surface area contributed by atoms with Crippen LogP contribution in [0.4, 0.5) is 0 Å². The minimum Gasteiger partial charge on any atom is -0.476 e. The smallest absolute Gasteiger partial charge is 0.213 e. The van der Waals surface area contributed by atoms with E-state index in [1.165, 1.54) is 6.42 Å². The van der Waals surface area contributed by atoms with Crippen molar-refractivity contribution in [3.05, 3.63) is 24.4 Å². The lowest BCUT2D eigenvalue weighted by Crippen LogP contribution is -2.71. The summed E-state index contributed by atoms with van der Waals surface area (Å²) in [5.41, 5.74) is -0.110. The lowest BCUT2D eigenvalue weighted by molar-refractivity contribution is -0.0883. The van der Waals surface area contributed by atoms with Crippen LogP contribution in [0.1, 0.15) is 13.3 Å². The van der Waals surface area contributed by atoms with Crippen molar-refractivity contribution in [1.29, 1.82) is 0 Å². The second-order valence-electron chi connectivity index (χ2n) is 5.52. The van der Waals surface area contributed by atoms with Crippen molar-refractivity contribution in [3.63, 3.8) is 0 Å². The van der Waals surface area contributed by atoms with Crippen LogP contribution in [0.5, 0.6) is 5.88 Å². The molecule has 5 heteroatoms. The number of hydrogen-bond donors (Lipinski definition) is 2. The van der Waals surface area contributed by atoms with E-state index in [1.54, 1.807) is 6.20 Å². The van der Waals surface area contributed by atoms with Gasteiger partial charge in [0.15, 0.2) is 0 Å². The van der Waals surface area contributed by atoms with Crippen LogP contribution >= 0.6 is 0 Å². The summed E-state index contributed by atoms with van der Waals surface area (Å²) in [4.78, 5) is 4.16. The van der Waals surface area contributed by atoms with Gasteiger partial charge >= 0.3 is 0 Å². The molecule has 0 bridgehead atoms. The van der Waals surface area contributed by atoms with Crippen molar-refractivity contribution >= 4 is 0 Å². The van der Waals surface area contributed by atoms with Crippen molar-refractivity contribution in [3.8, 4) is 5.88 Å². The van der Waals surface area contributed by atoms with Crippen LogP contribution in [-0.4, -0.2) is 49.0 Å². The van der Waals surface area contributed by atoms with Gasteiger partial charge in [-0.05, 0) is 26.0 Å². The van der Waals surface area contributed by atoms with E-state index in [4.69, 9.17) is 9.47 Å². The van der Waals surface area contributed by atoms with Crippen LogP contribution in [0.15, 0.2) is 24.4 Å². The van der Waals surface area contributed by atoms with Gasteiger partial charge in [-0.25, -0.2) is 4.98 Å². The Labute approximate surface area is 113 Å². The number of nitrogens with zero attached hydrogens (tertiary/aromatic N) is 1. The predicted octanol–water partition coefficient (Wildman–Crippen LogP) is 0.569. The highest BCUT2D eigenvalue weighted by Crippen LogP contribution is 2.24. The fourth-order valence-corrected chi connectivity index (χ4v) is 2.30. The Hall–Kier alpha value is -1.17. The van der Waals surface area contributed by atoms with Crippen LogP contribution in [0.25, 0.3) is 0 Å². The van der Waals surface area contributed by atoms with Gasteiger partial charge in [0, 0.05) is 24.8 Å². The molecule has 3 heterocycles. The molecule has 5 nitrogen and oxygen atoms in total. The van der Waals surface area contributed by atoms with Crippen molar-refractivity contribution in [2.24, 2.45) is 0 Å². The number of pyridine rings is 1. The molecule has 2 fully saturated rings. The predicted molar refractivity (Wildman–Crippen MR) is 72.3 cm³/mol. The Bertz CT molecular complexity index is 410. The zero-order chi connectivity index (χ0) is 13.1. The number of ether oxygens (including phenoxy) is 2. The highest BCUT2D eigenvalue weighted by Gasteiger charge is 2.44.